The Balaban J connectivity index is 3.89. The second-order valence-electron chi connectivity index (χ2n) is 3.66. The third-order valence-corrected chi connectivity index (χ3v) is 2.35. The van der Waals surface area contributed by atoms with E-state index in [0.717, 1.165) is 26.1 Å². The van der Waals surface area contributed by atoms with E-state index in [4.69, 9.17) is 10.8 Å². The summed E-state index contributed by atoms with van der Waals surface area (Å²) in [5.74, 6) is 0.548. The summed E-state index contributed by atoms with van der Waals surface area (Å²) in [6, 6.07) is 0. The summed E-state index contributed by atoms with van der Waals surface area (Å²) in [6.07, 6.45) is 4.20. The molecule has 0 radical (unpaired) electrons. The van der Waals surface area contributed by atoms with Crippen molar-refractivity contribution >= 4 is 0 Å². The van der Waals surface area contributed by atoms with Gasteiger partial charge in [0.1, 0.15) is 0 Å². The predicted molar refractivity (Wildman–Crippen MR) is 61.2 cm³/mol. The summed E-state index contributed by atoms with van der Waals surface area (Å²) in [5, 5.41) is 8.87. The molecular formula is C11H24N2O. The zero-order chi connectivity index (χ0) is 10.8. The second kappa shape index (κ2) is 9.19. The Morgan fingerprint density at radius 3 is 2.71 bits per heavy atom. The van der Waals surface area contributed by atoms with E-state index in [1.165, 1.54) is 6.42 Å². The van der Waals surface area contributed by atoms with Crippen LogP contribution in [0.25, 0.3) is 0 Å². The van der Waals surface area contributed by atoms with Gasteiger partial charge >= 0.3 is 0 Å². The van der Waals surface area contributed by atoms with Crippen LogP contribution in [-0.4, -0.2) is 42.8 Å². The van der Waals surface area contributed by atoms with Crippen molar-refractivity contribution in [1.29, 1.82) is 0 Å². The number of hydrogen-bond acceptors (Lipinski definition) is 3. The van der Waals surface area contributed by atoms with E-state index >= 15 is 0 Å². The molecule has 0 saturated heterocycles. The predicted octanol–water partition coefficient (Wildman–Crippen LogP) is 0.842. The van der Waals surface area contributed by atoms with Gasteiger partial charge in [-0.2, -0.15) is 0 Å². The van der Waals surface area contributed by atoms with Crippen LogP contribution < -0.4 is 5.73 Å². The molecule has 3 heteroatoms. The van der Waals surface area contributed by atoms with Gasteiger partial charge in [-0.15, -0.1) is 6.58 Å². The lowest BCUT2D eigenvalue weighted by Gasteiger charge is -2.24. The monoisotopic (exact) mass is 200 g/mol. The van der Waals surface area contributed by atoms with E-state index in [0.29, 0.717) is 12.5 Å². The summed E-state index contributed by atoms with van der Waals surface area (Å²) in [5.41, 5.74) is 5.68. The van der Waals surface area contributed by atoms with Gasteiger partial charge in [0.05, 0.1) is 6.61 Å². The molecule has 0 bridgehead atoms. The average molecular weight is 200 g/mol. The Labute approximate surface area is 87.6 Å². The third-order valence-electron chi connectivity index (χ3n) is 2.35. The maximum Gasteiger partial charge on any atom is 0.0558 e. The lowest BCUT2D eigenvalue weighted by molar-refractivity contribution is 0.186. The van der Waals surface area contributed by atoms with Gasteiger partial charge in [-0.25, -0.2) is 0 Å². The maximum atomic E-state index is 8.87. The molecule has 0 aromatic carbocycles. The van der Waals surface area contributed by atoms with Crippen LogP contribution in [-0.2, 0) is 0 Å². The van der Waals surface area contributed by atoms with Crippen molar-refractivity contribution in [3.8, 4) is 0 Å². The van der Waals surface area contributed by atoms with E-state index in [1.54, 1.807) is 0 Å². The number of rotatable bonds is 9. The molecule has 0 amide bonds. The molecule has 3 N–H and O–H groups in total. The van der Waals surface area contributed by atoms with Crippen molar-refractivity contribution < 1.29 is 5.11 Å². The first kappa shape index (κ1) is 13.6. The highest BCUT2D eigenvalue weighted by Crippen LogP contribution is 2.06. The highest BCUT2D eigenvalue weighted by molar-refractivity contribution is 4.75. The van der Waals surface area contributed by atoms with Gasteiger partial charge in [-0.05, 0) is 18.9 Å². The Morgan fingerprint density at radius 2 is 2.29 bits per heavy atom. The average Bonchev–Trinajstić information content (AvgIpc) is 2.18. The Bertz CT molecular complexity index is 139. The minimum absolute atomic E-state index is 0.206. The van der Waals surface area contributed by atoms with Crippen molar-refractivity contribution in [2.45, 2.75) is 19.8 Å². The SMILES string of the molecule is C=CCN(CCO)CC(CN)CCC. The first-order valence-corrected chi connectivity index (χ1v) is 5.42. The molecule has 0 aliphatic carbocycles. The van der Waals surface area contributed by atoms with Crippen LogP contribution in [0.2, 0.25) is 0 Å². The van der Waals surface area contributed by atoms with E-state index in [2.05, 4.69) is 18.4 Å². The zero-order valence-electron chi connectivity index (χ0n) is 9.28. The van der Waals surface area contributed by atoms with Crippen LogP contribution in [0, 0.1) is 5.92 Å². The smallest absolute Gasteiger partial charge is 0.0558 e. The zero-order valence-corrected chi connectivity index (χ0v) is 9.28. The van der Waals surface area contributed by atoms with Gasteiger partial charge < -0.3 is 10.8 Å². The van der Waals surface area contributed by atoms with E-state index < -0.39 is 0 Å². The van der Waals surface area contributed by atoms with Gasteiger partial charge in [-0.3, -0.25) is 4.90 Å². The van der Waals surface area contributed by atoms with Crippen molar-refractivity contribution in [2.75, 3.05) is 32.8 Å². The number of aliphatic hydroxyl groups excluding tert-OH is 1. The van der Waals surface area contributed by atoms with Crippen LogP contribution in [0.3, 0.4) is 0 Å². The minimum Gasteiger partial charge on any atom is -0.395 e. The van der Waals surface area contributed by atoms with E-state index in [-0.39, 0.29) is 6.61 Å². The summed E-state index contributed by atoms with van der Waals surface area (Å²) in [6.45, 7) is 9.33. The van der Waals surface area contributed by atoms with Crippen LogP contribution in [0.1, 0.15) is 19.8 Å². The molecule has 0 aromatic rings. The molecule has 84 valence electrons. The lowest BCUT2D eigenvalue weighted by atomic mass is 10.0. The normalized spacial score (nSPS) is 13.1. The number of aliphatic hydroxyl groups is 1. The molecule has 0 spiro atoms. The van der Waals surface area contributed by atoms with Crippen LogP contribution in [0.4, 0.5) is 0 Å². The first-order chi connectivity index (χ1) is 6.78. The molecule has 14 heavy (non-hydrogen) atoms. The summed E-state index contributed by atoms with van der Waals surface area (Å²) in [4.78, 5) is 2.19. The van der Waals surface area contributed by atoms with Gasteiger partial charge in [0, 0.05) is 19.6 Å². The van der Waals surface area contributed by atoms with Gasteiger partial charge in [0.25, 0.3) is 0 Å². The molecular weight excluding hydrogens is 176 g/mol. The summed E-state index contributed by atoms with van der Waals surface area (Å²) in [7, 11) is 0. The highest BCUT2D eigenvalue weighted by atomic mass is 16.3. The molecule has 0 rings (SSSR count). The van der Waals surface area contributed by atoms with Crippen molar-refractivity contribution in [2.24, 2.45) is 11.7 Å². The van der Waals surface area contributed by atoms with Gasteiger partial charge in [0.15, 0.2) is 0 Å². The third kappa shape index (κ3) is 6.13. The van der Waals surface area contributed by atoms with Crippen LogP contribution in [0.5, 0.6) is 0 Å². The molecule has 1 atom stereocenters. The largest absolute Gasteiger partial charge is 0.395 e. The molecule has 3 nitrogen and oxygen atoms in total. The van der Waals surface area contributed by atoms with Crippen LogP contribution >= 0.6 is 0 Å². The fraction of sp³-hybridized carbons (Fsp3) is 0.818. The maximum absolute atomic E-state index is 8.87. The Kier molecular flexibility index (Phi) is 8.94. The highest BCUT2D eigenvalue weighted by Gasteiger charge is 2.10. The molecule has 0 aromatic heterocycles. The topological polar surface area (TPSA) is 49.5 Å². The lowest BCUT2D eigenvalue weighted by Crippen LogP contribution is -2.35. The fourth-order valence-electron chi connectivity index (χ4n) is 1.64. The van der Waals surface area contributed by atoms with Crippen molar-refractivity contribution in [1.82, 2.24) is 4.90 Å². The first-order valence-electron chi connectivity index (χ1n) is 5.42. The molecule has 0 saturated carbocycles. The fourth-order valence-corrected chi connectivity index (χ4v) is 1.64. The number of hydrogen-bond donors (Lipinski definition) is 2. The number of nitrogens with two attached hydrogens (primary N) is 1. The second-order valence-corrected chi connectivity index (χ2v) is 3.66. The van der Waals surface area contributed by atoms with Gasteiger partial charge in [-0.1, -0.05) is 19.4 Å². The van der Waals surface area contributed by atoms with E-state index in [1.807, 2.05) is 6.08 Å². The summed E-state index contributed by atoms with van der Waals surface area (Å²) < 4.78 is 0. The van der Waals surface area contributed by atoms with Crippen LogP contribution in [0.15, 0.2) is 12.7 Å². The molecule has 0 aliphatic rings. The molecule has 0 fully saturated rings. The minimum atomic E-state index is 0.206. The quantitative estimate of drug-likeness (QED) is 0.542. The standard InChI is InChI=1S/C11H24N2O/c1-3-5-11(9-12)10-13(6-4-2)7-8-14/h4,11,14H,2-3,5-10,12H2,1H3. The molecule has 0 heterocycles. The summed E-state index contributed by atoms with van der Waals surface area (Å²) >= 11 is 0. The van der Waals surface area contributed by atoms with Crippen molar-refractivity contribution in [3.05, 3.63) is 12.7 Å². The Morgan fingerprint density at radius 1 is 1.57 bits per heavy atom. The molecule has 1 unspecified atom stereocenters. The van der Waals surface area contributed by atoms with Crippen molar-refractivity contribution in [3.63, 3.8) is 0 Å². The van der Waals surface area contributed by atoms with E-state index in [9.17, 15) is 0 Å². The van der Waals surface area contributed by atoms with Gasteiger partial charge in [0.2, 0.25) is 0 Å². The molecule has 0 aliphatic heterocycles. The Hall–Kier alpha value is -0.380. The number of nitrogens with zero attached hydrogens (tertiary/aromatic N) is 1.